The van der Waals surface area contributed by atoms with Gasteiger partial charge < -0.3 is 9.72 Å². The summed E-state index contributed by atoms with van der Waals surface area (Å²) in [5.74, 6) is 0. The third-order valence-corrected chi connectivity index (χ3v) is 1.59. The van der Waals surface area contributed by atoms with Gasteiger partial charge in [0.25, 0.3) is 5.56 Å². The van der Waals surface area contributed by atoms with Crippen LogP contribution >= 0.6 is 0 Å². The largest absolute Gasteiger partial charge is 0.467 e. The van der Waals surface area contributed by atoms with Crippen molar-refractivity contribution in [3.8, 4) is 6.01 Å². The minimum Gasteiger partial charge on any atom is -0.467 e. The van der Waals surface area contributed by atoms with Crippen LogP contribution in [0.4, 0.5) is 0 Å². The number of pyridine rings is 1. The van der Waals surface area contributed by atoms with E-state index < -0.39 is 7.06 Å². The maximum atomic E-state index is 11.3. The highest BCUT2D eigenvalue weighted by molar-refractivity contribution is 5.76. The quantitative estimate of drug-likeness (QED) is 0.684. The van der Waals surface area contributed by atoms with Crippen LogP contribution in [0.15, 0.2) is 23.3 Å². The molecule has 1 N–H and O–H groups in total. The lowest BCUT2D eigenvalue weighted by Crippen LogP contribution is -2.07. The van der Waals surface area contributed by atoms with Crippen LogP contribution in [0.3, 0.4) is 0 Å². The normalized spacial score (nSPS) is 12.7. The van der Waals surface area contributed by atoms with Gasteiger partial charge in [-0.3, -0.25) is 4.79 Å². The summed E-state index contributed by atoms with van der Waals surface area (Å²) in [6, 6.07) is 1.51. The molecule has 2 aromatic rings. The molecule has 0 radical (unpaired) electrons. The van der Waals surface area contributed by atoms with Gasteiger partial charge in [0.2, 0.25) is 0 Å². The Hall–Kier alpha value is -1.91. The van der Waals surface area contributed by atoms with Gasteiger partial charge in [-0.2, -0.15) is 4.98 Å². The van der Waals surface area contributed by atoms with Gasteiger partial charge >= 0.3 is 6.01 Å². The van der Waals surface area contributed by atoms with E-state index in [1.165, 1.54) is 12.4 Å². The maximum absolute atomic E-state index is 11.3. The van der Waals surface area contributed by atoms with Gasteiger partial charge in [-0.25, -0.2) is 4.98 Å². The number of hydrogen-bond acceptors (Lipinski definition) is 4. The van der Waals surface area contributed by atoms with Crippen molar-refractivity contribution in [3.63, 3.8) is 0 Å². The number of nitrogens with zero attached hydrogens (tertiary/aromatic N) is 2. The molecule has 0 fully saturated rings. The van der Waals surface area contributed by atoms with E-state index in [1.807, 2.05) is 0 Å². The monoisotopic (exact) mass is 179 g/mol. The van der Waals surface area contributed by atoms with Gasteiger partial charge in [-0.15, -0.1) is 0 Å². The van der Waals surface area contributed by atoms with Crippen LogP contribution in [0, 0.1) is 0 Å². The van der Waals surface area contributed by atoms with Crippen molar-refractivity contribution < 1.29 is 7.48 Å². The van der Waals surface area contributed by atoms with Crippen molar-refractivity contribution in [2.24, 2.45) is 0 Å². The fraction of sp³-hybridized carbons (Fsp3) is 0.125. The molecule has 2 rings (SSSR count). The first kappa shape index (κ1) is 5.69. The minimum absolute atomic E-state index is 0.144. The molecule has 2 aromatic heterocycles. The fourth-order valence-corrected chi connectivity index (χ4v) is 1.01. The van der Waals surface area contributed by atoms with Gasteiger partial charge in [0.05, 0.1) is 9.80 Å². The zero-order valence-electron chi connectivity index (χ0n) is 8.52. The molecule has 2 heterocycles. The number of aromatic amines is 1. The zero-order chi connectivity index (χ0) is 10.8. The molecule has 0 amide bonds. The Morgan fingerprint density at radius 2 is 2.62 bits per heavy atom. The number of ether oxygens (including phenoxy) is 1. The third kappa shape index (κ3) is 1.24. The van der Waals surface area contributed by atoms with E-state index in [4.69, 9.17) is 2.74 Å². The number of H-pyrrole nitrogens is 1. The summed E-state index contributed by atoms with van der Waals surface area (Å²) >= 11 is 0. The Morgan fingerprint density at radius 3 is 3.46 bits per heavy atom. The summed E-state index contributed by atoms with van der Waals surface area (Å²) in [7, 11) is -1.51. The average molecular weight is 179 g/mol. The number of aromatic nitrogens is 3. The summed E-state index contributed by atoms with van der Waals surface area (Å²) in [6.07, 6.45) is 2.90. The molecule has 0 saturated heterocycles. The summed E-state index contributed by atoms with van der Waals surface area (Å²) in [4.78, 5) is 21.3. The average Bonchev–Trinajstić information content (AvgIpc) is 2.18. The van der Waals surface area contributed by atoms with Crippen LogP contribution in [0.25, 0.3) is 10.9 Å². The van der Waals surface area contributed by atoms with Crippen LogP contribution in [0.2, 0.25) is 0 Å². The number of rotatable bonds is 1. The Labute approximate surface area is 76.2 Å². The third-order valence-electron chi connectivity index (χ3n) is 1.59. The lowest BCUT2D eigenvalue weighted by molar-refractivity contribution is 0.381. The minimum atomic E-state index is -1.51. The van der Waals surface area contributed by atoms with Gasteiger partial charge in [0.1, 0.15) is 5.52 Å². The second-order valence-corrected chi connectivity index (χ2v) is 2.38. The molecule has 5 heteroatoms. The molecule has 0 unspecified atom stereocenters. The number of fused-ring (bicyclic) bond motifs is 1. The van der Waals surface area contributed by atoms with Crippen molar-refractivity contribution in [1.29, 1.82) is 0 Å². The fourth-order valence-electron chi connectivity index (χ4n) is 1.01. The topological polar surface area (TPSA) is 67.9 Å². The molecule has 0 atom stereocenters. The van der Waals surface area contributed by atoms with Gasteiger partial charge in [-0.05, 0) is 6.07 Å². The van der Waals surface area contributed by atoms with E-state index in [0.29, 0.717) is 5.39 Å². The Morgan fingerprint density at radius 1 is 1.69 bits per heavy atom. The van der Waals surface area contributed by atoms with Gasteiger partial charge in [0.15, 0.2) is 0 Å². The SMILES string of the molecule is [2H]C([2H])Oc1ncc2cc[nH]c(=O)c2n1. The van der Waals surface area contributed by atoms with Crippen LogP contribution in [-0.4, -0.2) is 22.0 Å². The summed E-state index contributed by atoms with van der Waals surface area (Å²) in [5, 5.41) is 0.581. The summed E-state index contributed by atoms with van der Waals surface area (Å²) < 4.78 is 18.3. The molecule has 13 heavy (non-hydrogen) atoms. The lowest BCUT2D eigenvalue weighted by atomic mass is 10.3. The van der Waals surface area contributed by atoms with E-state index in [0.717, 1.165) is 0 Å². The first-order valence-corrected chi connectivity index (χ1v) is 3.52. The highest BCUT2D eigenvalue weighted by Gasteiger charge is 2.01. The molecular weight excluding hydrogens is 170 g/mol. The zero-order valence-corrected chi connectivity index (χ0v) is 6.52. The highest BCUT2D eigenvalue weighted by atomic mass is 16.5. The number of methoxy groups -OCH3 is 1. The Kier molecular flexibility index (Phi) is 1.25. The van der Waals surface area contributed by atoms with E-state index in [1.54, 1.807) is 6.07 Å². The van der Waals surface area contributed by atoms with Gasteiger partial charge in [-0.1, -0.05) is 0 Å². The molecule has 5 nitrogen and oxygen atoms in total. The van der Waals surface area contributed by atoms with Crippen molar-refractivity contribution >= 4 is 10.9 Å². The smallest absolute Gasteiger partial charge is 0.316 e. The maximum Gasteiger partial charge on any atom is 0.316 e. The molecule has 66 valence electrons. The Balaban J connectivity index is 2.55. The molecule has 0 aliphatic heterocycles. The Bertz CT molecular complexity index is 541. The molecule has 0 spiro atoms. The first-order valence-electron chi connectivity index (χ1n) is 4.68. The molecule has 0 saturated carbocycles. The summed E-state index contributed by atoms with van der Waals surface area (Å²) in [5.41, 5.74) is -0.172. The van der Waals surface area contributed by atoms with Crippen LogP contribution in [0.1, 0.15) is 2.74 Å². The van der Waals surface area contributed by atoms with Crippen LogP contribution in [-0.2, 0) is 0 Å². The van der Waals surface area contributed by atoms with Gasteiger partial charge in [0, 0.05) is 17.8 Å². The lowest BCUT2D eigenvalue weighted by Gasteiger charge is -1.97. The second-order valence-electron chi connectivity index (χ2n) is 2.38. The van der Waals surface area contributed by atoms with E-state index >= 15 is 0 Å². The van der Waals surface area contributed by atoms with Crippen LogP contribution in [0.5, 0.6) is 6.01 Å². The van der Waals surface area contributed by atoms with Crippen molar-refractivity contribution in [1.82, 2.24) is 15.0 Å². The first-order chi connectivity index (χ1) is 7.16. The van der Waals surface area contributed by atoms with E-state index in [2.05, 4.69) is 19.7 Å². The molecule has 0 bridgehead atoms. The van der Waals surface area contributed by atoms with Crippen molar-refractivity contribution in [2.45, 2.75) is 0 Å². The highest BCUT2D eigenvalue weighted by Crippen LogP contribution is 2.07. The van der Waals surface area contributed by atoms with Crippen LogP contribution < -0.4 is 10.3 Å². The number of hydrogen-bond donors (Lipinski definition) is 1. The van der Waals surface area contributed by atoms with E-state index in [-0.39, 0.29) is 17.1 Å². The predicted octanol–water partition coefficient (Wildman–Crippen LogP) is 0.327. The standard InChI is InChI=1S/C8H7N3O2/c1-13-8-10-4-5-2-3-9-7(12)6(5)11-8/h2-4H,1H3,(H,9,12)/i1D2. The van der Waals surface area contributed by atoms with Crippen molar-refractivity contribution in [3.05, 3.63) is 28.8 Å². The molecule has 0 aliphatic carbocycles. The number of nitrogens with one attached hydrogen (secondary N) is 1. The molecular formula is C8H7N3O2. The predicted molar refractivity (Wildman–Crippen MR) is 46.7 cm³/mol. The molecule has 0 aromatic carbocycles. The van der Waals surface area contributed by atoms with E-state index in [9.17, 15) is 4.79 Å². The second kappa shape index (κ2) is 2.85. The molecule has 0 aliphatic rings. The summed E-state index contributed by atoms with van der Waals surface area (Å²) in [6.45, 7) is 0. The van der Waals surface area contributed by atoms with Crippen molar-refractivity contribution in [2.75, 3.05) is 7.06 Å².